The summed E-state index contributed by atoms with van der Waals surface area (Å²) in [5.74, 6) is 1.59. The van der Waals surface area contributed by atoms with E-state index in [4.69, 9.17) is 0 Å². The number of piperidine rings is 1. The normalized spacial score (nSPS) is 31.9. The van der Waals surface area contributed by atoms with Gasteiger partial charge in [0.15, 0.2) is 0 Å². The highest BCUT2D eigenvalue weighted by Gasteiger charge is 2.59. The molecule has 2 aliphatic carbocycles. The average molecular weight is 368 g/mol. The zero-order valence-corrected chi connectivity index (χ0v) is 18.5. The number of likely N-dealkylation sites (N-methyl/N-ethyl adjacent to an activating group) is 1. The van der Waals surface area contributed by atoms with Gasteiger partial charge in [0.25, 0.3) is 0 Å². The Morgan fingerprint density at radius 2 is 1.89 bits per heavy atom. The highest BCUT2D eigenvalue weighted by Crippen LogP contribution is 2.63. The van der Waals surface area contributed by atoms with E-state index in [9.17, 15) is 0 Å². The van der Waals surface area contributed by atoms with Gasteiger partial charge in [0.1, 0.15) is 0 Å². The van der Waals surface area contributed by atoms with Crippen LogP contribution in [-0.4, -0.2) is 24.5 Å². The Hall–Kier alpha value is -0.820. The second-order valence-electron chi connectivity index (χ2n) is 10.6. The first-order valence-electron chi connectivity index (χ1n) is 11.7. The molecule has 4 rings (SSSR count). The maximum absolute atomic E-state index is 2.78. The van der Waals surface area contributed by atoms with Gasteiger partial charge in [-0.3, -0.25) is 0 Å². The molecule has 150 valence electrons. The molecule has 0 spiro atoms. The van der Waals surface area contributed by atoms with Crippen LogP contribution in [-0.2, 0) is 5.41 Å². The van der Waals surface area contributed by atoms with Gasteiger partial charge in [-0.2, -0.15) is 0 Å². The second kappa shape index (κ2) is 7.21. The van der Waals surface area contributed by atoms with E-state index in [1.165, 1.54) is 64.3 Å². The SMILES string of the molecule is CCCCC12CCCN(C)C1C(C(C)(C)C1CCCC1)c1cccc(C)c12. The summed E-state index contributed by atoms with van der Waals surface area (Å²) in [6.45, 7) is 11.3. The number of hydrogen-bond acceptors (Lipinski definition) is 1. The first kappa shape index (κ1) is 19.5. The van der Waals surface area contributed by atoms with Gasteiger partial charge in [-0.1, -0.05) is 64.7 Å². The summed E-state index contributed by atoms with van der Waals surface area (Å²) in [5.41, 5.74) is 5.84. The fourth-order valence-corrected chi connectivity index (χ4v) is 7.62. The summed E-state index contributed by atoms with van der Waals surface area (Å²) < 4.78 is 0. The fraction of sp³-hybridized carbons (Fsp3) is 0.769. The van der Waals surface area contributed by atoms with Crippen LogP contribution in [0.25, 0.3) is 0 Å². The van der Waals surface area contributed by atoms with Gasteiger partial charge >= 0.3 is 0 Å². The van der Waals surface area contributed by atoms with E-state index in [1.807, 2.05) is 0 Å². The summed E-state index contributed by atoms with van der Waals surface area (Å²) in [7, 11) is 2.43. The molecule has 1 heteroatoms. The molecule has 1 nitrogen and oxygen atoms in total. The van der Waals surface area contributed by atoms with Crippen molar-refractivity contribution in [1.29, 1.82) is 0 Å². The Bertz CT molecular complexity index is 669. The number of fused-ring (bicyclic) bond motifs is 3. The summed E-state index contributed by atoms with van der Waals surface area (Å²) in [5, 5.41) is 0. The minimum absolute atomic E-state index is 0.392. The lowest BCUT2D eigenvalue weighted by atomic mass is 9.60. The standard InChI is InChI=1S/C26H41N/c1-6-7-16-26-17-11-18-27(5)24(26)23(21-15-10-12-19(2)22(21)26)25(3,4)20-13-8-9-14-20/h10,12,15,20,23-24H,6-9,11,13-14,16-18H2,1-5H3. The second-order valence-corrected chi connectivity index (χ2v) is 10.6. The summed E-state index contributed by atoms with van der Waals surface area (Å²) in [4.78, 5) is 2.78. The molecule has 1 aliphatic heterocycles. The average Bonchev–Trinajstić information content (AvgIpc) is 3.27. The molecule has 1 aromatic carbocycles. The molecule has 1 saturated heterocycles. The Morgan fingerprint density at radius 1 is 1.15 bits per heavy atom. The van der Waals surface area contributed by atoms with Gasteiger partial charge in [0.2, 0.25) is 0 Å². The monoisotopic (exact) mass is 367 g/mol. The lowest BCUT2D eigenvalue weighted by Crippen LogP contribution is -2.55. The molecule has 2 fully saturated rings. The number of nitrogens with zero attached hydrogens (tertiary/aromatic N) is 1. The van der Waals surface area contributed by atoms with E-state index >= 15 is 0 Å². The van der Waals surface area contributed by atoms with Crippen LogP contribution < -0.4 is 0 Å². The number of aryl methyl sites for hydroxylation is 1. The molecule has 27 heavy (non-hydrogen) atoms. The molecule has 0 radical (unpaired) electrons. The zero-order chi connectivity index (χ0) is 19.2. The molecule has 3 aliphatic rings. The number of unbranched alkanes of at least 4 members (excludes halogenated alkanes) is 1. The summed E-state index contributed by atoms with van der Waals surface area (Å²) >= 11 is 0. The smallest absolute Gasteiger partial charge is 0.0263 e. The highest BCUT2D eigenvalue weighted by molar-refractivity contribution is 5.52. The van der Waals surface area contributed by atoms with Gasteiger partial charge in [0, 0.05) is 17.4 Å². The quantitative estimate of drug-likeness (QED) is 0.551. The Balaban J connectivity index is 1.88. The van der Waals surface area contributed by atoms with Gasteiger partial charge in [0.05, 0.1) is 0 Å². The van der Waals surface area contributed by atoms with Crippen molar-refractivity contribution < 1.29 is 0 Å². The molecule has 1 saturated carbocycles. The zero-order valence-electron chi connectivity index (χ0n) is 18.5. The minimum Gasteiger partial charge on any atom is -0.302 e. The predicted molar refractivity (Wildman–Crippen MR) is 117 cm³/mol. The van der Waals surface area contributed by atoms with E-state index < -0.39 is 0 Å². The van der Waals surface area contributed by atoms with Crippen LogP contribution in [0.2, 0.25) is 0 Å². The van der Waals surface area contributed by atoms with Gasteiger partial charge in [-0.25, -0.2) is 0 Å². The molecule has 1 heterocycles. The van der Waals surface area contributed by atoms with Crippen molar-refractivity contribution in [2.75, 3.05) is 13.6 Å². The van der Waals surface area contributed by atoms with Crippen LogP contribution in [0.3, 0.4) is 0 Å². The van der Waals surface area contributed by atoms with Crippen LogP contribution in [0.15, 0.2) is 18.2 Å². The Morgan fingerprint density at radius 3 is 2.59 bits per heavy atom. The van der Waals surface area contributed by atoms with Crippen LogP contribution in [0.1, 0.15) is 101 Å². The van der Waals surface area contributed by atoms with Crippen molar-refractivity contribution in [1.82, 2.24) is 4.90 Å². The van der Waals surface area contributed by atoms with Gasteiger partial charge in [-0.15, -0.1) is 0 Å². The third-order valence-corrected chi connectivity index (χ3v) is 8.81. The predicted octanol–water partition coefficient (Wildman–Crippen LogP) is 6.83. The van der Waals surface area contributed by atoms with Gasteiger partial charge < -0.3 is 4.90 Å². The van der Waals surface area contributed by atoms with Crippen molar-refractivity contribution in [2.45, 2.75) is 103 Å². The highest BCUT2D eigenvalue weighted by atomic mass is 15.2. The number of hydrogen-bond donors (Lipinski definition) is 0. The maximum Gasteiger partial charge on any atom is 0.0263 e. The third-order valence-electron chi connectivity index (χ3n) is 8.81. The van der Waals surface area contributed by atoms with Crippen molar-refractivity contribution in [2.24, 2.45) is 11.3 Å². The lowest BCUT2D eigenvalue weighted by molar-refractivity contribution is 0.0246. The fourth-order valence-electron chi connectivity index (χ4n) is 7.62. The maximum atomic E-state index is 2.78. The Labute approximate surface area is 167 Å². The topological polar surface area (TPSA) is 3.24 Å². The molecular formula is C26H41N. The first-order chi connectivity index (χ1) is 12.9. The number of benzene rings is 1. The molecule has 0 bridgehead atoms. The van der Waals surface area contributed by atoms with Crippen molar-refractivity contribution in [3.63, 3.8) is 0 Å². The Kier molecular flexibility index (Phi) is 5.21. The van der Waals surface area contributed by atoms with Crippen LogP contribution in [0.4, 0.5) is 0 Å². The molecule has 3 unspecified atom stereocenters. The molecule has 3 atom stereocenters. The van der Waals surface area contributed by atoms with Crippen molar-refractivity contribution >= 4 is 0 Å². The van der Waals surface area contributed by atoms with E-state index in [2.05, 4.69) is 57.8 Å². The van der Waals surface area contributed by atoms with E-state index in [0.29, 0.717) is 22.8 Å². The van der Waals surface area contributed by atoms with Crippen molar-refractivity contribution in [3.8, 4) is 0 Å². The molecule has 0 N–H and O–H groups in total. The summed E-state index contributed by atoms with van der Waals surface area (Å²) in [6.07, 6.45) is 12.6. The van der Waals surface area contributed by atoms with Crippen LogP contribution in [0, 0.1) is 18.3 Å². The third kappa shape index (κ3) is 2.91. The van der Waals surface area contributed by atoms with Crippen LogP contribution >= 0.6 is 0 Å². The molecule has 0 aromatic heterocycles. The van der Waals surface area contributed by atoms with E-state index in [0.717, 1.165) is 5.92 Å². The summed E-state index contributed by atoms with van der Waals surface area (Å²) in [6, 6.07) is 7.95. The molecular weight excluding hydrogens is 326 g/mol. The lowest BCUT2D eigenvalue weighted by Gasteiger charge is -2.52. The van der Waals surface area contributed by atoms with E-state index in [-0.39, 0.29) is 0 Å². The molecule has 1 aromatic rings. The minimum atomic E-state index is 0.392. The van der Waals surface area contributed by atoms with E-state index in [1.54, 1.807) is 16.7 Å². The largest absolute Gasteiger partial charge is 0.302 e. The van der Waals surface area contributed by atoms with Crippen LogP contribution in [0.5, 0.6) is 0 Å². The van der Waals surface area contributed by atoms with Gasteiger partial charge in [-0.05, 0) is 80.6 Å². The number of rotatable bonds is 5. The number of likely N-dealkylation sites (tertiary alicyclic amines) is 1. The molecule has 0 amide bonds. The van der Waals surface area contributed by atoms with Crippen molar-refractivity contribution in [3.05, 3.63) is 34.9 Å². The first-order valence-corrected chi connectivity index (χ1v) is 11.7.